The first kappa shape index (κ1) is 34.9. The second-order valence-electron chi connectivity index (χ2n) is 14.6. The Morgan fingerprint density at radius 3 is 2.68 bits per heavy atom. The molecule has 2 saturated carbocycles. The second kappa shape index (κ2) is 14.2. The Kier molecular flexibility index (Phi) is 9.92. The molecule has 13 nitrogen and oxygen atoms in total. The fourth-order valence-corrected chi connectivity index (χ4v) is 9.07. The van der Waals surface area contributed by atoms with E-state index < -0.39 is 68.6 Å². The van der Waals surface area contributed by atoms with Gasteiger partial charge < -0.3 is 25.0 Å². The predicted octanol–water partition coefficient (Wildman–Crippen LogP) is 2.39. The number of hydrogen-bond acceptors (Lipinski definition) is 9. The van der Waals surface area contributed by atoms with E-state index in [0.29, 0.717) is 43.5 Å². The van der Waals surface area contributed by atoms with Gasteiger partial charge in [-0.2, -0.15) is 0 Å². The predicted molar refractivity (Wildman–Crippen MR) is 178 cm³/mol. The van der Waals surface area contributed by atoms with Crippen LogP contribution in [0.1, 0.15) is 81.8 Å². The summed E-state index contributed by atoms with van der Waals surface area (Å²) in [5.74, 6) is -2.53. The molecule has 1 unspecified atom stereocenters. The van der Waals surface area contributed by atoms with Crippen LogP contribution in [0.15, 0.2) is 30.4 Å². The van der Waals surface area contributed by atoms with Crippen molar-refractivity contribution in [2.24, 2.45) is 5.92 Å². The van der Waals surface area contributed by atoms with Gasteiger partial charge in [-0.1, -0.05) is 37.1 Å². The van der Waals surface area contributed by atoms with Crippen LogP contribution < -0.4 is 15.4 Å². The van der Waals surface area contributed by atoms with Crippen LogP contribution in [0.5, 0.6) is 0 Å². The minimum absolute atomic E-state index is 0.0116. The summed E-state index contributed by atoms with van der Waals surface area (Å²) in [6.07, 6.45) is 9.10. The molecule has 0 spiro atoms. The number of ether oxygens (including phenoxy) is 2. The van der Waals surface area contributed by atoms with Crippen LogP contribution in [0.2, 0.25) is 0 Å². The van der Waals surface area contributed by atoms with Gasteiger partial charge in [0.2, 0.25) is 21.8 Å². The average molecular weight is 716 g/mol. The van der Waals surface area contributed by atoms with Gasteiger partial charge in [0, 0.05) is 37.6 Å². The first-order valence-electron chi connectivity index (χ1n) is 18.0. The van der Waals surface area contributed by atoms with E-state index in [4.69, 9.17) is 9.47 Å². The van der Waals surface area contributed by atoms with Crippen molar-refractivity contribution in [3.05, 3.63) is 47.3 Å². The normalized spacial score (nSPS) is 31.6. The Morgan fingerprint density at radius 2 is 1.92 bits per heavy atom. The standard InChI is InChI=1S/C35H46FN5O8S/c36-28-11-6-8-22-19-40(21-27(22)28)34(45)49-25-16-30-31(42)38-35(33(44)39-50(46,47)26-13-14-26)17-23(35)9-4-2-1-3-5-12-29(32(43)41(30)20-25)37-18-24-10-7-15-48-24/h4,6,8-9,11,23-26,29-30,37H,1-3,5,7,10,12-21H2,(H,38,42)(H,39,44)/t23-,24?,25-,29+,30+,35-/m1/s1. The highest BCUT2D eigenvalue weighted by atomic mass is 32.2. The Labute approximate surface area is 291 Å². The molecule has 6 aliphatic rings. The Balaban J connectivity index is 1.12. The van der Waals surface area contributed by atoms with Crippen LogP contribution in [0, 0.1) is 11.7 Å². The number of benzene rings is 1. The van der Waals surface area contributed by atoms with Crippen LogP contribution in [-0.2, 0) is 47.0 Å². The second-order valence-corrected chi connectivity index (χ2v) is 16.6. The lowest BCUT2D eigenvalue weighted by Crippen LogP contribution is -2.58. The van der Waals surface area contributed by atoms with E-state index in [1.54, 1.807) is 12.1 Å². The first-order valence-corrected chi connectivity index (χ1v) is 19.5. The third kappa shape index (κ3) is 7.40. The maximum atomic E-state index is 14.4. The molecule has 2 saturated heterocycles. The molecule has 50 heavy (non-hydrogen) atoms. The number of allylic oxidation sites excluding steroid dienone is 1. The quantitative estimate of drug-likeness (QED) is 0.360. The molecule has 15 heteroatoms. The van der Waals surface area contributed by atoms with Crippen molar-refractivity contribution in [3.8, 4) is 0 Å². The molecule has 2 aliphatic carbocycles. The van der Waals surface area contributed by atoms with Gasteiger partial charge in [-0.3, -0.25) is 24.0 Å². The van der Waals surface area contributed by atoms with Crippen LogP contribution in [-0.4, -0.2) is 96.8 Å². The number of fused-ring (bicyclic) bond motifs is 3. The summed E-state index contributed by atoms with van der Waals surface area (Å²) in [5, 5.41) is 5.63. The summed E-state index contributed by atoms with van der Waals surface area (Å²) in [5.41, 5.74) is -0.364. The molecule has 7 rings (SSSR count). The number of sulfonamides is 1. The number of amides is 4. The first-order chi connectivity index (χ1) is 24.0. The van der Waals surface area contributed by atoms with Crippen molar-refractivity contribution >= 4 is 33.8 Å². The smallest absolute Gasteiger partial charge is 0.410 e. The maximum Gasteiger partial charge on any atom is 0.410 e. The van der Waals surface area contributed by atoms with Gasteiger partial charge in [0.25, 0.3) is 5.91 Å². The van der Waals surface area contributed by atoms with Gasteiger partial charge in [-0.25, -0.2) is 17.6 Å². The molecule has 0 aromatic heterocycles. The van der Waals surface area contributed by atoms with Crippen LogP contribution in [0.25, 0.3) is 0 Å². The SMILES string of the molecule is O=C1N[C@]2(C(=O)NS(=O)(=O)C3CC3)C[C@H]2C=CCCCCC[C@H](NCC2CCCO2)C(=O)N2C[C@H](OC(=O)N3Cc4cccc(F)c4C3)C[C@@H]12. The van der Waals surface area contributed by atoms with Crippen molar-refractivity contribution in [1.29, 1.82) is 0 Å². The Hall–Kier alpha value is -3.56. The number of carbonyl (C=O) groups excluding carboxylic acids is 4. The van der Waals surface area contributed by atoms with Crippen molar-refractivity contribution in [2.75, 3.05) is 19.7 Å². The molecule has 1 aromatic carbocycles. The van der Waals surface area contributed by atoms with Gasteiger partial charge in [0.15, 0.2) is 0 Å². The summed E-state index contributed by atoms with van der Waals surface area (Å²) in [4.78, 5) is 58.3. The zero-order valence-electron chi connectivity index (χ0n) is 28.1. The van der Waals surface area contributed by atoms with E-state index in [9.17, 15) is 32.0 Å². The number of halogens is 1. The molecule has 0 bridgehead atoms. The van der Waals surface area contributed by atoms with E-state index in [0.717, 1.165) is 38.5 Å². The summed E-state index contributed by atoms with van der Waals surface area (Å²) in [7, 11) is -3.87. The topological polar surface area (TPSA) is 163 Å². The van der Waals surface area contributed by atoms with Gasteiger partial charge in [-0.05, 0) is 63.0 Å². The molecule has 1 aromatic rings. The summed E-state index contributed by atoms with van der Waals surface area (Å²) in [6, 6.07) is 2.99. The number of nitrogens with zero attached hydrogens (tertiary/aromatic N) is 2. The highest BCUT2D eigenvalue weighted by molar-refractivity contribution is 7.91. The maximum absolute atomic E-state index is 14.4. The van der Waals surface area contributed by atoms with Crippen molar-refractivity contribution in [1.82, 2.24) is 25.2 Å². The number of rotatable bonds is 7. The van der Waals surface area contributed by atoms with Crippen LogP contribution in [0.3, 0.4) is 0 Å². The highest BCUT2D eigenvalue weighted by Gasteiger charge is 2.62. The molecular weight excluding hydrogens is 669 g/mol. The molecule has 4 amide bonds. The summed E-state index contributed by atoms with van der Waals surface area (Å²) in [6.45, 7) is 1.33. The fourth-order valence-electron chi connectivity index (χ4n) is 7.71. The lowest BCUT2D eigenvalue weighted by atomic mass is 10.0. The molecule has 4 aliphatic heterocycles. The van der Waals surface area contributed by atoms with E-state index in [-0.39, 0.29) is 44.5 Å². The lowest BCUT2D eigenvalue weighted by molar-refractivity contribution is -0.141. The van der Waals surface area contributed by atoms with E-state index in [1.165, 1.54) is 15.9 Å². The van der Waals surface area contributed by atoms with Gasteiger partial charge in [0.05, 0.1) is 30.5 Å². The summed E-state index contributed by atoms with van der Waals surface area (Å²) >= 11 is 0. The highest BCUT2D eigenvalue weighted by Crippen LogP contribution is 2.46. The number of nitrogens with one attached hydrogen (secondary N) is 3. The Bertz CT molecular complexity index is 1650. The third-order valence-electron chi connectivity index (χ3n) is 10.9. The van der Waals surface area contributed by atoms with E-state index >= 15 is 0 Å². The molecule has 6 atom stereocenters. The molecular formula is C35H46FN5O8S. The van der Waals surface area contributed by atoms with Gasteiger partial charge in [-0.15, -0.1) is 0 Å². The third-order valence-corrected chi connectivity index (χ3v) is 12.7. The molecule has 4 fully saturated rings. The van der Waals surface area contributed by atoms with Crippen LogP contribution >= 0.6 is 0 Å². The van der Waals surface area contributed by atoms with E-state index in [2.05, 4.69) is 15.4 Å². The van der Waals surface area contributed by atoms with Gasteiger partial charge >= 0.3 is 6.09 Å². The fraction of sp³-hybridized carbons (Fsp3) is 0.657. The van der Waals surface area contributed by atoms with Crippen molar-refractivity contribution < 1.29 is 41.5 Å². The number of hydrogen-bond donors (Lipinski definition) is 3. The molecule has 272 valence electrons. The molecule has 0 radical (unpaired) electrons. The number of carbonyl (C=O) groups is 4. The largest absolute Gasteiger partial charge is 0.444 e. The van der Waals surface area contributed by atoms with Gasteiger partial charge in [0.1, 0.15) is 23.5 Å². The molecule has 3 N–H and O–H groups in total. The van der Waals surface area contributed by atoms with E-state index in [1.807, 2.05) is 12.2 Å². The van der Waals surface area contributed by atoms with Crippen molar-refractivity contribution in [2.45, 2.75) is 119 Å². The zero-order chi connectivity index (χ0) is 35.0. The monoisotopic (exact) mass is 715 g/mol. The average Bonchev–Trinajstić information content (AvgIpc) is 3.85. The molecule has 4 heterocycles. The zero-order valence-corrected chi connectivity index (χ0v) is 28.9. The van der Waals surface area contributed by atoms with Crippen LogP contribution in [0.4, 0.5) is 9.18 Å². The Morgan fingerprint density at radius 1 is 1.08 bits per heavy atom. The summed E-state index contributed by atoms with van der Waals surface area (Å²) < 4.78 is 53.8. The minimum atomic E-state index is -3.87. The lowest BCUT2D eigenvalue weighted by Gasteiger charge is -2.30. The van der Waals surface area contributed by atoms with Crippen molar-refractivity contribution in [3.63, 3.8) is 0 Å². The minimum Gasteiger partial charge on any atom is -0.444 e.